The maximum Gasteiger partial charge on any atom is 0.315 e. The summed E-state index contributed by atoms with van der Waals surface area (Å²) >= 11 is 0. The van der Waals surface area contributed by atoms with Gasteiger partial charge in [0.1, 0.15) is 17.1 Å². The van der Waals surface area contributed by atoms with E-state index in [2.05, 4.69) is 15.6 Å². The molecule has 23 heavy (non-hydrogen) atoms. The van der Waals surface area contributed by atoms with Crippen LogP contribution in [0.3, 0.4) is 0 Å². The summed E-state index contributed by atoms with van der Waals surface area (Å²) in [7, 11) is 0. The molecule has 1 atom stereocenters. The molecule has 2 amide bonds. The minimum Gasteiger partial charge on any atom is -0.466 e. The first-order chi connectivity index (χ1) is 10.8. The van der Waals surface area contributed by atoms with Gasteiger partial charge in [-0.05, 0) is 45.4 Å². The Hall–Kier alpha value is -2.34. The van der Waals surface area contributed by atoms with Crippen molar-refractivity contribution in [3.8, 4) is 0 Å². The van der Waals surface area contributed by atoms with Crippen LogP contribution in [0.2, 0.25) is 0 Å². The van der Waals surface area contributed by atoms with Crippen molar-refractivity contribution in [3.63, 3.8) is 0 Å². The number of amides is 2. The summed E-state index contributed by atoms with van der Waals surface area (Å²) in [4.78, 5) is 16.1. The molecular weight excluding hydrogens is 294 g/mol. The van der Waals surface area contributed by atoms with Gasteiger partial charge in [-0.15, -0.1) is 0 Å². The molecule has 0 aromatic carbocycles. The highest BCUT2D eigenvalue weighted by Crippen LogP contribution is 2.26. The Labute approximate surface area is 135 Å². The molecule has 2 aromatic heterocycles. The average molecular weight is 317 g/mol. The van der Waals surface area contributed by atoms with Gasteiger partial charge in [0.25, 0.3) is 0 Å². The minimum atomic E-state index is -1.19. The molecule has 0 aliphatic heterocycles. The molecule has 0 radical (unpaired) electrons. The molecule has 0 unspecified atom stereocenters. The van der Waals surface area contributed by atoms with Crippen LogP contribution in [0.5, 0.6) is 0 Å². The van der Waals surface area contributed by atoms with E-state index in [0.717, 1.165) is 17.0 Å². The van der Waals surface area contributed by atoms with E-state index >= 15 is 0 Å². The van der Waals surface area contributed by atoms with Gasteiger partial charge in [0.05, 0.1) is 18.8 Å². The van der Waals surface area contributed by atoms with Gasteiger partial charge in [-0.2, -0.15) is 0 Å². The molecule has 3 N–H and O–H groups in total. The van der Waals surface area contributed by atoms with Gasteiger partial charge in [0, 0.05) is 11.8 Å². The van der Waals surface area contributed by atoms with Gasteiger partial charge in [-0.25, -0.2) is 4.79 Å². The van der Waals surface area contributed by atoms with Crippen molar-refractivity contribution in [2.45, 2.75) is 39.8 Å². The third kappa shape index (κ3) is 4.32. The molecule has 124 valence electrons. The number of aromatic nitrogens is 1. The number of furan rings is 1. The second-order valence-corrected chi connectivity index (χ2v) is 5.90. The molecule has 0 fully saturated rings. The van der Waals surface area contributed by atoms with Crippen LogP contribution in [-0.4, -0.2) is 22.7 Å². The van der Waals surface area contributed by atoms with E-state index in [1.54, 1.807) is 26.1 Å². The summed E-state index contributed by atoms with van der Waals surface area (Å²) < 4.78 is 5.43. The van der Waals surface area contributed by atoms with Crippen molar-refractivity contribution in [2.75, 3.05) is 6.54 Å². The monoisotopic (exact) mass is 317 g/mol. The van der Waals surface area contributed by atoms with Gasteiger partial charge >= 0.3 is 6.03 Å². The zero-order chi connectivity index (χ0) is 17.0. The lowest BCUT2D eigenvalue weighted by molar-refractivity contribution is 0.0579. The first kappa shape index (κ1) is 17.0. The number of hydrogen-bond donors (Lipinski definition) is 3. The Morgan fingerprint density at radius 1 is 1.35 bits per heavy atom. The van der Waals surface area contributed by atoms with Gasteiger partial charge in [-0.1, -0.05) is 6.07 Å². The smallest absolute Gasteiger partial charge is 0.315 e. The highest BCUT2D eigenvalue weighted by atomic mass is 16.3. The van der Waals surface area contributed by atoms with Crippen molar-refractivity contribution in [2.24, 2.45) is 0 Å². The van der Waals surface area contributed by atoms with E-state index in [-0.39, 0.29) is 12.6 Å². The van der Waals surface area contributed by atoms with Crippen LogP contribution in [0.1, 0.15) is 35.3 Å². The van der Waals surface area contributed by atoms with Gasteiger partial charge in [-0.3, -0.25) is 4.98 Å². The van der Waals surface area contributed by atoms with Crippen LogP contribution in [-0.2, 0) is 12.1 Å². The Morgan fingerprint density at radius 3 is 2.70 bits per heavy atom. The van der Waals surface area contributed by atoms with E-state index < -0.39 is 5.60 Å². The third-order valence-corrected chi connectivity index (χ3v) is 3.75. The number of nitrogens with zero attached hydrogens (tertiary/aromatic N) is 1. The Bertz CT molecular complexity index is 692. The van der Waals surface area contributed by atoms with Crippen molar-refractivity contribution in [3.05, 3.63) is 52.7 Å². The fourth-order valence-corrected chi connectivity index (χ4v) is 2.44. The average Bonchev–Trinajstić information content (AvgIpc) is 2.84. The van der Waals surface area contributed by atoms with Crippen molar-refractivity contribution >= 4 is 6.03 Å². The lowest BCUT2D eigenvalue weighted by atomic mass is 9.96. The highest BCUT2D eigenvalue weighted by molar-refractivity contribution is 5.73. The predicted octanol–water partition coefficient (Wildman–Crippen LogP) is 2.31. The third-order valence-electron chi connectivity index (χ3n) is 3.75. The quantitative estimate of drug-likeness (QED) is 0.789. The number of rotatable bonds is 5. The standard InChI is InChI=1S/C17H23N3O3/c1-11-6-5-7-18-15(11)9-19-16(21)20-10-17(4,22)14-8-12(2)23-13(14)3/h5-8,22H,9-10H2,1-4H3,(H2,19,20,21)/t17-/m1/s1. The van der Waals surface area contributed by atoms with E-state index in [0.29, 0.717) is 17.9 Å². The van der Waals surface area contributed by atoms with Gasteiger partial charge in [0.15, 0.2) is 0 Å². The second kappa shape index (κ2) is 6.83. The van der Waals surface area contributed by atoms with Crippen LogP contribution >= 0.6 is 0 Å². The van der Waals surface area contributed by atoms with Crippen LogP contribution in [0.4, 0.5) is 4.79 Å². The molecule has 2 heterocycles. The fraction of sp³-hybridized carbons (Fsp3) is 0.412. The van der Waals surface area contributed by atoms with E-state index in [1.165, 1.54) is 0 Å². The normalized spacial score (nSPS) is 13.4. The minimum absolute atomic E-state index is 0.0832. The Balaban J connectivity index is 1.89. The molecule has 0 aliphatic carbocycles. The number of carbonyl (C=O) groups is 1. The van der Waals surface area contributed by atoms with Crippen LogP contribution in [0.15, 0.2) is 28.8 Å². The van der Waals surface area contributed by atoms with Crippen molar-refractivity contribution < 1.29 is 14.3 Å². The maximum absolute atomic E-state index is 11.9. The number of aryl methyl sites for hydroxylation is 3. The van der Waals surface area contributed by atoms with Crippen molar-refractivity contribution in [1.82, 2.24) is 15.6 Å². The topological polar surface area (TPSA) is 87.4 Å². The first-order valence-electron chi connectivity index (χ1n) is 7.51. The molecule has 2 rings (SSSR count). The summed E-state index contributed by atoms with van der Waals surface area (Å²) in [5.74, 6) is 1.38. The fourth-order valence-electron chi connectivity index (χ4n) is 2.44. The Kier molecular flexibility index (Phi) is 5.05. The lowest BCUT2D eigenvalue weighted by Gasteiger charge is -2.23. The predicted molar refractivity (Wildman–Crippen MR) is 87.0 cm³/mol. The van der Waals surface area contributed by atoms with Gasteiger partial charge in [0.2, 0.25) is 0 Å². The van der Waals surface area contributed by atoms with Crippen LogP contribution < -0.4 is 10.6 Å². The van der Waals surface area contributed by atoms with E-state index in [9.17, 15) is 9.90 Å². The maximum atomic E-state index is 11.9. The van der Waals surface area contributed by atoms with Crippen LogP contribution in [0, 0.1) is 20.8 Å². The summed E-state index contributed by atoms with van der Waals surface area (Å²) in [6, 6.07) is 5.22. The zero-order valence-electron chi connectivity index (χ0n) is 13.9. The second-order valence-electron chi connectivity index (χ2n) is 5.90. The molecule has 2 aromatic rings. The molecule has 0 bridgehead atoms. The summed E-state index contributed by atoms with van der Waals surface area (Å²) in [6.07, 6.45) is 1.69. The Morgan fingerprint density at radius 2 is 2.09 bits per heavy atom. The SMILES string of the molecule is Cc1cc([C@](C)(O)CNC(=O)NCc2ncccc2C)c(C)o1. The molecule has 6 nitrogen and oxygen atoms in total. The molecule has 0 spiro atoms. The number of aliphatic hydroxyl groups is 1. The molecule has 0 saturated heterocycles. The first-order valence-corrected chi connectivity index (χ1v) is 7.51. The summed E-state index contributed by atoms with van der Waals surface area (Å²) in [5, 5.41) is 16.0. The van der Waals surface area contributed by atoms with E-state index in [4.69, 9.17) is 4.42 Å². The van der Waals surface area contributed by atoms with Crippen LogP contribution in [0.25, 0.3) is 0 Å². The van der Waals surface area contributed by atoms with Crippen molar-refractivity contribution in [1.29, 1.82) is 0 Å². The van der Waals surface area contributed by atoms with E-state index in [1.807, 2.05) is 26.0 Å². The number of nitrogens with one attached hydrogen (secondary N) is 2. The zero-order valence-corrected chi connectivity index (χ0v) is 13.9. The summed E-state index contributed by atoms with van der Waals surface area (Å²) in [6.45, 7) is 7.62. The summed E-state index contributed by atoms with van der Waals surface area (Å²) in [5.41, 5.74) is 1.32. The number of carbonyl (C=O) groups excluding carboxylic acids is 1. The number of pyridine rings is 1. The molecule has 6 heteroatoms. The molecule has 0 aliphatic rings. The highest BCUT2D eigenvalue weighted by Gasteiger charge is 2.28. The van der Waals surface area contributed by atoms with Gasteiger partial charge < -0.3 is 20.2 Å². The number of hydrogen-bond acceptors (Lipinski definition) is 4. The molecule has 0 saturated carbocycles. The molecular formula is C17H23N3O3. The largest absolute Gasteiger partial charge is 0.466 e. The lowest BCUT2D eigenvalue weighted by Crippen LogP contribution is -2.43. The number of urea groups is 1.